The van der Waals surface area contributed by atoms with Crippen LogP contribution in [-0.2, 0) is 0 Å². The van der Waals surface area contributed by atoms with Crippen LogP contribution in [0.4, 0.5) is 23.3 Å². The zero-order valence-corrected chi connectivity index (χ0v) is 18.9. The van der Waals surface area contributed by atoms with Gasteiger partial charge in [-0.05, 0) is 42.1 Å². The Hall–Kier alpha value is -4.28. The lowest BCUT2D eigenvalue weighted by molar-refractivity contribution is 0.102. The van der Waals surface area contributed by atoms with Crippen molar-refractivity contribution in [2.24, 2.45) is 11.5 Å². The molecule has 1 fully saturated rings. The number of amides is 1. The quantitative estimate of drug-likeness (QED) is 0.296. The van der Waals surface area contributed by atoms with Crippen molar-refractivity contribution in [2.45, 2.75) is 18.5 Å². The SMILES string of the molecule is N[C@@H]1C[C@H](N)CN(c2ncnc(Nc3ccc(NC(=O)c4ccc5ccccc5c4O)cc3)n2)C1. The van der Waals surface area contributed by atoms with Gasteiger partial charge in [0.15, 0.2) is 0 Å². The van der Waals surface area contributed by atoms with Gasteiger partial charge >= 0.3 is 0 Å². The lowest BCUT2D eigenvalue weighted by atomic mass is 10.0. The van der Waals surface area contributed by atoms with Gasteiger partial charge in [-0.15, -0.1) is 0 Å². The smallest absolute Gasteiger partial charge is 0.259 e. The number of aromatic hydroxyl groups is 1. The van der Waals surface area contributed by atoms with Crippen molar-refractivity contribution in [3.63, 3.8) is 0 Å². The topological polar surface area (TPSA) is 155 Å². The summed E-state index contributed by atoms with van der Waals surface area (Å²) in [4.78, 5) is 27.7. The first-order valence-electron chi connectivity index (χ1n) is 11.3. The van der Waals surface area contributed by atoms with Gasteiger partial charge < -0.3 is 32.1 Å². The van der Waals surface area contributed by atoms with Crippen LogP contribution in [0.5, 0.6) is 5.75 Å². The molecule has 7 N–H and O–H groups in total. The summed E-state index contributed by atoms with van der Waals surface area (Å²) in [6, 6.07) is 17.8. The van der Waals surface area contributed by atoms with Crippen molar-refractivity contribution in [3.05, 3.63) is 72.6 Å². The third-order valence-electron chi connectivity index (χ3n) is 5.90. The number of hydrogen-bond donors (Lipinski definition) is 5. The zero-order chi connectivity index (χ0) is 24.4. The van der Waals surface area contributed by atoms with Gasteiger partial charge in [-0.25, -0.2) is 9.97 Å². The van der Waals surface area contributed by atoms with Crippen LogP contribution in [0.3, 0.4) is 0 Å². The molecular weight excluding hydrogens is 444 g/mol. The second kappa shape index (κ2) is 9.53. The van der Waals surface area contributed by atoms with Gasteiger partial charge in [0.05, 0.1) is 5.56 Å². The number of phenols is 1. The molecule has 0 spiro atoms. The van der Waals surface area contributed by atoms with E-state index in [1.165, 1.54) is 6.33 Å². The van der Waals surface area contributed by atoms with E-state index < -0.39 is 5.91 Å². The van der Waals surface area contributed by atoms with Crippen LogP contribution in [0.15, 0.2) is 67.0 Å². The lowest BCUT2D eigenvalue weighted by Gasteiger charge is -2.34. The highest BCUT2D eigenvalue weighted by Crippen LogP contribution is 2.29. The molecule has 0 radical (unpaired) electrons. The number of carbonyl (C=O) groups is 1. The maximum atomic E-state index is 12.8. The van der Waals surface area contributed by atoms with E-state index in [0.29, 0.717) is 36.1 Å². The molecule has 178 valence electrons. The van der Waals surface area contributed by atoms with Gasteiger partial charge in [0.1, 0.15) is 12.1 Å². The van der Waals surface area contributed by atoms with Crippen molar-refractivity contribution in [1.82, 2.24) is 15.0 Å². The number of rotatable bonds is 5. The number of aromatic nitrogens is 3. The Morgan fingerprint density at radius 2 is 1.66 bits per heavy atom. The van der Waals surface area contributed by atoms with Gasteiger partial charge in [-0.1, -0.05) is 30.3 Å². The van der Waals surface area contributed by atoms with Crippen molar-refractivity contribution in [3.8, 4) is 5.75 Å². The molecule has 1 amide bonds. The average Bonchev–Trinajstić information content (AvgIpc) is 2.85. The van der Waals surface area contributed by atoms with Crippen molar-refractivity contribution in [1.29, 1.82) is 0 Å². The summed E-state index contributed by atoms with van der Waals surface area (Å²) in [5, 5.41) is 18.0. The molecule has 10 heteroatoms. The number of carbonyl (C=O) groups excluding carboxylic acids is 1. The molecule has 4 aromatic rings. The fourth-order valence-electron chi connectivity index (χ4n) is 4.24. The van der Waals surface area contributed by atoms with Crippen LogP contribution >= 0.6 is 0 Å². The molecular formula is C25H26N8O2. The molecule has 0 unspecified atom stereocenters. The maximum absolute atomic E-state index is 12.8. The van der Waals surface area contributed by atoms with E-state index in [1.807, 2.05) is 29.2 Å². The van der Waals surface area contributed by atoms with Crippen LogP contribution in [0.25, 0.3) is 10.8 Å². The molecule has 1 saturated heterocycles. The summed E-state index contributed by atoms with van der Waals surface area (Å²) in [5.41, 5.74) is 13.7. The standard InChI is InChI=1S/C25H26N8O2/c26-16-11-17(27)13-33(12-16)25-29-14-28-24(32-25)31-19-8-6-18(7-9-19)30-23(35)21-10-5-15-3-1-2-4-20(15)22(21)34/h1-10,14,16-17,34H,11-13,26-27H2,(H,30,35)(H,28,29,31,32)/t16-,17+. The molecule has 0 bridgehead atoms. The fraction of sp³-hybridized carbons (Fsp3) is 0.200. The van der Waals surface area contributed by atoms with E-state index in [9.17, 15) is 9.90 Å². The highest BCUT2D eigenvalue weighted by Gasteiger charge is 2.24. The van der Waals surface area contributed by atoms with E-state index in [2.05, 4.69) is 25.6 Å². The Kier molecular flexibility index (Phi) is 6.13. The summed E-state index contributed by atoms with van der Waals surface area (Å²) in [5.74, 6) is 0.474. The molecule has 5 rings (SSSR count). The van der Waals surface area contributed by atoms with E-state index in [0.717, 1.165) is 17.5 Å². The molecule has 2 atom stereocenters. The molecule has 10 nitrogen and oxygen atoms in total. The predicted molar refractivity (Wildman–Crippen MR) is 136 cm³/mol. The zero-order valence-electron chi connectivity index (χ0n) is 18.9. The third kappa shape index (κ3) is 4.98. The van der Waals surface area contributed by atoms with E-state index in [1.54, 1.807) is 36.4 Å². The maximum Gasteiger partial charge on any atom is 0.259 e. The second-order valence-electron chi connectivity index (χ2n) is 8.61. The Morgan fingerprint density at radius 3 is 2.43 bits per heavy atom. The Morgan fingerprint density at radius 1 is 0.943 bits per heavy atom. The molecule has 0 aliphatic carbocycles. The molecule has 35 heavy (non-hydrogen) atoms. The molecule has 0 saturated carbocycles. The third-order valence-corrected chi connectivity index (χ3v) is 5.90. The van der Waals surface area contributed by atoms with E-state index >= 15 is 0 Å². The van der Waals surface area contributed by atoms with Crippen molar-refractivity contribution in [2.75, 3.05) is 28.6 Å². The number of benzene rings is 3. The minimum absolute atomic E-state index is 0.0220. The molecule has 1 aliphatic heterocycles. The molecule has 1 aliphatic rings. The highest BCUT2D eigenvalue weighted by atomic mass is 16.3. The first-order valence-corrected chi connectivity index (χ1v) is 11.3. The van der Waals surface area contributed by atoms with E-state index in [-0.39, 0.29) is 23.4 Å². The van der Waals surface area contributed by atoms with Crippen LogP contribution in [0.2, 0.25) is 0 Å². The number of hydrogen-bond acceptors (Lipinski definition) is 9. The van der Waals surface area contributed by atoms with Crippen LogP contribution in [-0.4, -0.2) is 51.1 Å². The van der Waals surface area contributed by atoms with Crippen molar-refractivity contribution < 1.29 is 9.90 Å². The number of anilines is 4. The molecule has 3 aromatic carbocycles. The van der Waals surface area contributed by atoms with Crippen LogP contribution < -0.4 is 27.0 Å². The lowest BCUT2D eigenvalue weighted by Crippen LogP contribution is -2.52. The van der Waals surface area contributed by atoms with Gasteiger partial charge in [-0.2, -0.15) is 4.98 Å². The minimum Gasteiger partial charge on any atom is -0.506 e. The average molecular weight is 471 g/mol. The van der Waals surface area contributed by atoms with Gasteiger partial charge in [0.2, 0.25) is 11.9 Å². The summed E-state index contributed by atoms with van der Waals surface area (Å²) in [7, 11) is 0. The fourth-order valence-corrected chi connectivity index (χ4v) is 4.24. The summed E-state index contributed by atoms with van der Waals surface area (Å²) < 4.78 is 0. The summed E-state index contributed by atoms with van der Waals surface area (Å²) >= 11 is 0. The second-order valence-corrected chi connectivity index (χ2v) is 8.61. The van der Waals surface area contributed by atoms with Gasteiger partial charge in [-0.3, -0.25) is 4.79 Å². The summed E-state index contributed by atoms with van der Waals surface area (Å²) in [6.45, 7) is 1.27. The Balaban J connectivity index is 1.26. The largest absolute Gasteiger partial charge is 0.506 e. The number of fused-ring (bicyclic) bond motifs is 1. The number of nitrogens with one attached hydrogen (secondary N) is 2. The minimum atomic E-state index is -0.394. The van der Waals surface area contributed by atoms with Crippen LogP contribution in [0, 0.1) is 0 Å². The Bertz CT molecular complexity index is 1350. The summed E-state index contributed by atoms with van der Waals surface area (Å²) in [6.07, 6.45) is 2.22. The monoisotopic (exact) mass is 470 g/mol. The van der Waals surface area contributed by atoms with Gasteiger partial charge in [0, 0.05) is 41.9 Å². The van der Waals surface area contributed by atoms with Crippen LogP contribution in [0.1, 0.15) is 16.8 Å². The van der Waals surface area contributed by atoms with E-state index in [4.69, 9.17) is 11.5 Å². The number of nitrogens with zero attached hydrogens (tertiary/aromatic N) is 4. The predicted octanol–water partition coefficient (Wildman–Crippen LogP) is 2.59. The normalized spacial score (nSPS) is 17.8. The number of phenolic OH excluding ortho intramolecular Hbond substituents is 1. The molecule has 1 aromatic heterocycles. The number of nitrogens with two attached hydrogens (primary N) is 2. The first kappa shape index (κ1) is 22.5. The highest BCUT2D eigenvalue weighted by molar-refractivity contribution is 6.09. The first-order chi connectivity index (χ1) is 17.0. The number of piperidine rings is 1. The van der Waals surface area contributed by atoms with Gasteiger partial charge in [0.25, 0.3) is 5.91 Å². The Labute approximate surface area is 202 Å². The van der Waals surface area contributed by atoms with Crippen molar-refractivity contribution >= 4 is 40.0 Å². The molecule has 2 heterocycles.